The number of amidine groups is 1. The summed E-state index contributed by atoms with van der Waals surface area (Å²) in [6.07, 6.45) is 1.59. The third kappa shape index (κ3) is 5.27. The molecule has 5 N–H and O–H groups in total. The Morgan fingerprint density at radius 3 is 2.64 bits per heavy atom. The third-order valence-corrected chi connectivity index (χ3v) is 5.89. The van der Waals surface area contributed by atoms with Crippen molar-refractivity contribution in [3.8, 4) is 0 Å². The molecule has 0 saturated carbocycles. The molecule has 1 saturated heterocycles. The highest BCUT2D eigenvalue weighted by molar-refractivity contribution is 6.34. The fourth-order valence-corrected chi connectivity index (χ4v) is 4.22. The fourth-order valence-electron chi connectivity index (χ4n) is 3.94. The molecule has 1 unspecified atom stereocenters. The molecular formula is C25H26ClN5O2. The number of nitrogens with one attached hydrogen (secondary N) is 2. The molecule has 7 nitrogen and oxygen atoms in total. The van der Waals surface area contributed by atoms with E-state index in [1.54, 1.807) is 12.1 Å². The van der Waals surface area contributed by atoms with Crippen LogP contribution in [0.2, 0.25) is 5.02 Å². The van der Waals surface area contributed by atoms with Crippen molar-refractivity contribution in [3.05, 3.63) is 88.9 Å². The molecule has 1 heterocycles. The van der Waals surface area contributed by atoms with E-state index in [0.717, 1.165) is 35.5 Å². The van der Waals surface area contributed by atoms with Crippen molar-refractivity contribution in [2.24, 2.45) is 10.9 Å². The number of nitrogens with two attached hydrogens (primary N) is 1. The summed E-state index contributed by atoms with van der Waals surface area (Å²) in [5.41, 5.74) is 9.70. The van der Waals surface area contributed by atoms with Gasteiger partial charge in [0.25, 0.3) is 5.91 Å². The van der Waals surface area contributed by atoms with Crippen LogP contribution in [0, 0.1) is 0 Å². The Bertz CT molecular complexity index is 1150. The summed E-state index contributed by atoms with van der Waals surface area (Å²) in [6.45, 7) is 1.15. The highest BCUT2D eigenvalue weighted by Gasteiger charge is 2.24. The van der Waals surface area contributed by atoms with Crippen LogP contribution in [-0.2, 0) is 11.3 Å². The van der Waals surface area contributed by atoms with Gasteiger partial charge in [0.15, 0.2) is 0 Å². The zero-order valence-electron chi connectivity index (χ0n) is 18.0. The highest BCUT2D eigenvalue weighted by atomic mass is 35.5. The molecule has 8 heteroatoms. The first-order valence-corrected chi connectivity index (χ1v) is 11.2. The Labute approximate surface area is 197 Å². The first-order valence-electron chi connectivity index (χ1n) is 10.8. The lowest BCUT2D eigenvalue weighted by molar-refractivity contribution is -0.117. The van der Waals surface area contributed by atoms with Gasteiger partial charge in [-0.3, -0.25) is 4.79 Å². The summed E-state index contributed by atoms with van der Waals surface area (Å²) in [5, 5.41) is 19.3. The predicted octanol–water partition coefficient (Wildman–Crippen LogP) is 4.98. The minimum Gasteiger partial charge on any atom is -0.409 e. The molecule has 1 atom stereocenters. The predicted molar refractivity (Wildman–Crippen MR) is 133 cm³/mol. The van der Waals surface area contributed by atoms with Gasteiger partial charge < -0.3 is 26.5 Å². The lowest BCUT2D eigenvalue weighted by Crippen LogP contribution is -2.27. The molecule has 0 radical (unpaired) electrons. The normalized spacial score (nSPS) is 15.5. The summed E-state index contributed by atoms with van der Waals surface area (Å²) >= 11 is 6.52. The van der Waals surface area contributed by atoms with Crippen molar-refractivity contribution in [1.82, 2.24) is 0 Å². The second kappa shape index (κ2) is 10.4. The maximum Gasteiger partial charge on any atom is 0.251 e. The van der Waals surface area contributed by atoms with Crippen molar-refractivity contribution in [1.29, 1.82) is 0 Å². The topological polar surface area (TPSA) is 103 Å². The Kier molecular flexibility index (Phi) is 7.12. The Morgan fingerprint density at radius 1 is 1.09 bits per heavy atom. The number of rotatable bonds is 7. The Balaban J connectivity index is 1.56. The third-order valence-electron chi connectivity index (χ3n) is 5.58. The monoisotopic (exact) mass is 463 g/mol. The van der Waals surface area contributed by atoms with Crippen LogP contribution in [0.25, 0.3) is 0 Å². The number of hydrogen-bond acceptors (Lipinski definition) is 5. The lowest BCUT2D eigenvalue weighted by Gasteiger charge is -2.22. The second-order valence-electron chi connectivity index (χ2n) is 7.82. The first-order chi connectivity index (χ1) is 16.1. The van der Waals surface area contributed by atoms with E-state index < -0.39 is 6.04 Å². The molecule has 33 heavy (non-hydrogen) atoms. The molecule has 1 aliphatic heterocycles. The quantitative estimate of drug-likeness (QED) is 0.292. The van der Waals surface area contributed by atoms with E-state index in [1.165, 1.54) is 0 Å². The second-order valence-corrected chi connectivity index (χ2v) is 8.23. The van der Waals surface area contributed by atoms with Crippen LogP contribution in [0.1, 0.15) is 30.0 Å². The van der Waals surface area contributed by atoms with Gasteiger partial charge in [0.1, 0.15) is 11.9 Å². The van der Waals surface area contributed by atoms with E-state index in [-0.39, 0.29) is 5.91 Å². The SMILES string of the molecule is NCc1cccc(NC(C(=O)Nc2ccc(N3CCC/C3=N\O)c(Cl)c2)c2ccccc2)c1. The summed E-state index contributed by atoms with van der Waals surface area (Å²) in [4.78, 5) is 15.2. The van der Waals surface area contributed by atoms with Gasteiger partial charge in [-0.2, -0.15) is 0 Å². The Hall–Kier alpha value is -3.55. The van der Waals surface area contributed by atoms with Crippen molar-refractivity contribution in [2.75, 3.05) is 22.1 Å². The summed E-state index contributed by atoms with van der Waals surface area (Å²) in [5.74, 6) is 0.365. The molecule has 4 rings (SSSR count). The lowest BCUT2D eigenvalue weighted by atomic mass is 10.0. The fraction of sp³-hybridized carbons (Fsp3) is 0.200. The van der Waals surface area contributed by atoms with Gasteiger partial charge in [-0.25, -0.2) is 0 Å². The van der Waals surface area contributed by atoms with E-state index in [9.17, 15) is 10.0 Å². The van der Waals surface area contributed by atoms with Crippen LogP contribution < -0.4 is 21.3 Å². The number of hydrogen-bond donors (Lipinski definition) is 4. The van der Waals surface area contributed by atoms with Gasteiger partial charge in [-0.15, -0.1) is 0 Å². The number of benzene rings is 3. The number of carbonyl (C=O) groups excluding carboxylic acids is 1. The standard InChI is InChI=1S/C25H26ClN5O2/c26-21-15-20(11-12-22(21)31-13-5-10-23(31)30-33)29-25(32)24(18-7-2-1-3-8-18)28-19-9-4-6-17(14-19)16-27/h1-4,6-9,11-12,14-15,24,28,33H,5,10,13,16,27H2,(H,29,32)/b30-23+. The molecule has 0 aliphatic carbocycles. The number of oxime groups is 1. The van der Waals surface area contributed by atoms with Gasteiger partial charge in [-0.1, -0.05) is 59.2 Å². The van der Waals surface area contributed by atoms with Crippen molar-refractivity contribution >= 4 is 40.4 Å². The van der Waals surface area contributed by atoms with Gasteiger partial charge in [-0.05, 0) is 47.9 Å². The number of nitrogens with zero attached hydrogens (tertiary/aromatic N) is 2. The van der Waals surface area contributed by atoms with Crippen molar-refractivity contribution < 1.29 is 10.0 Å². The van der Waals surface area contributed by atoms with E-state index in [0.29, 0.717) is 29.5 Å². The van der Waals surface area contributed by atoms with Crippen LogP contribution in [0.15, 0.2) is 78.0 Å². The smallest absolute Gasteiger partial charge is 0.251 e. The average Bonchev–Trinajstić information content (AvgIpc) is 3.32. The maximum atomic E-state index is 13.3. The molecule has 1 amide bonds. The van der Waals surface area contributed by atoms with Crippen LogP contribution in [-0.4, -0.2) is 23.5 Å². The molecule has 0 bridgehead atoms. The number of anilines is 3. The van der Waals surface area contributed by atoms with Crippen LogP contribution in [0.3, 0.4) is 0 Å². The van der Waals surface area contributed by atoms with Crippen LogP contribution in [0.5, 0.6) is 0 Å². The van der Waals surface area contributed by atoms with Gasteiger partial charge in [0, 0.05) is 30.9 Å². The van der Waals surface area contributed by atoms with Crippen molar-refractivity contribution in [2.45, 2.75) is 25.4 Å². The van der Waals surface area contributed by atoms with Crippen LogP contribution in [0.4, 0.5) is 17.1 Å². The van der Waals surface area contributed by atoms with Crippen LogP contribution >= 0.6 is 11.6 Å². The molecule has 3 aromatic rings. The van der Waals surface area contributed by atoms with Gasteiger partial charge in [0.2, 0.25) is 0 Å². The number of amides is 1. The van der Waals surface area contributed by atoms with E-state index >= 15 is 0 Å². The molecule has 0 aromatic heterocycles. The molecule has 1 fully saturated rings. The zero-order chi connectivity index (χ0) is 23.2. The summed E-state index contributed by atoms with van der Waals surface area (Å²) in [7, 11) is 0. The maximum absolute atomic E-state index is 13.3. The average molecular weight is 464 g/mol. The molecule has 0 spiro atoms. The number of carbonyl (C=O) groups is 1. The zero-order valence-corrected chi connectivity index (χ0v) is 18.8. The minimum atomic E-state index is -0.621. The molecule has 1 aliphatic rings. The number of halogens is 1. The van der Waals surface area contributed by atoms with Crippen molar-refractivity contribution in [3.63, 3.8) is 0 Å². The molecule has 3 aromatic carbocycles. The highest BCUT2D eigenvalue weighted by Crippen LogP contribution is 2.32. The summed E-state index contributed by atoms with van der Waals surface area (Å²) < 4.78 is 0. The van der Waals surface area contributed by atoms with Gasteiger partial charge in [0.05, 0.1) is 10.7 Å². The molecular weight excluding hydrogens is 438 g/mol. The summed E-state index contributed by atoms with van der Waals surface area (Å²) in [6, 6.07) is 21.9. The van der Waals surface area contributed by atoms with E-state index in [4.69, 9.17) is 17.3 Å². The van der Waals surface area contributed by atoms with Gasteiger partial charge >= 0.3 is 0 Å². The Morgan fingerprint density at radius 2 is 1.91 bits per heavy atom. The largest absolute Gasteiger partial charge is 0.409 e. The molecule has 170 valence electrons. The van der Waals surface area contributed by atoms with E-state index in [1.807, 2.05) is 65.6 Å². The first kappa shape index (κ1) is 22.6. The minimum absolute atomic E-state index is 0.220. The van der Waals surface area contributed by atoms with E-state index in [2.05, 4.69) is 15.8 Å².